The van der Waals surface area contributed by atoms with Gasteiger partial charge in [0.15, 0.2) is 0 Å². The van der Waals surface area contributed by atoms with E-state index >= 15 is 0 Å². The normalized spacial score (nSPS) is 10.3. The van der Waals surface area contributed by atoms with Gasteiger partial charge in [-0.1, -0.05) is 70.5 Å². The zero-order chi connectivity index (χ0) is 33.7. The number of carbonyl (C=O) groups is 1. The average molecular weight is 842 g/mol. The molecule has 0 saturated heterocycles. The van der Waals surface area contributed by atoms with Gasteiger partial charge in [0.05, 0.1) is 12.2 Å². The Morgan fingerprint density at radius 1 is 0.653 bits per heavy atom. The summed E-state index contributed by atoms with van der Waals surface area (Å²) < 4.78 is 31.7. The summed E-state index contributed by atoms with van der Waals surface area (Å²) in [6, 6.07) is 40.4. The molecule has 6 rings (SSSR count). The van der Waals surface area contributed by atoms with E-state index < -0.39 is 0 Å². The Morgan fingerprint density at radius 2 is 1.08 bits per heavy atom. The van der Waals surface area contributed by atoms with E-state index in [1.807, 2.05) is 109 Å². The van der Waals surface area contributed by atoms with Crippen LogP contribution in [0.3, 0.4) is 0 Å². The van der Waals surface area contributed by atoms with Crippen LogP contribution in [0, 0.1) is 11.9 Å². The standard InChI is InChI=1S/C18H13BrO2.C12H9FO.C6H3BrO.CH2O3.2K.H/c19-14-6-4-9-16(12-14)21-18-11-5-10-17(13-18)20-15-7-2-1-3-8-15;13-10-5-4-8-12(9-10)14-11-6-2-1-3-7-11;7-5-2-1-3-6(8)4-5;2-1-4-3;;;/h1-13H;1-9H;1-2,4H;1,3H;;;/q;;;;2*+1;-1. The van der Waals surface area contributed by atoms with Gasteiger partial charge in [0.1, 0.15) is 56.9 Å². The first-order valence-corrected chi connectivity index (χ1v) is 15.3. The van der Waals surface area contributed by atoms with E-state index in [4.69, 9.17) is 29.4 Å². The van der Waals surface area contributed by atoms with Crippen molar-refractivity contribution in [1.82, 2.24) is 0 Å². The van der Waals surface area contributed by atoms with E-state index in [0.717, 1.165) is 32.0 Å². The van der Waals surface area contributed by atoms with Crippen molar-refractivity contribution in [3.63, 3.8) is 0 Å². The minimum absolute atomic E-state index is 0. The number of ether oxygens (including phenoxy) is 3. The van der Waals surface area contributed by atoms with Crippen molar-refractivity contribution < 1.29 is 143 Å². The third-order valence-corrected chi connectivity index (χ3v) is 6.37. The van der Waals surface area contributed by atoms with E-state index in [1.165, 1.54) is 12.1 Å². The van der Waals surface area contributed by atoms with Gasteiger partial charge in [0, 0.05) is 16.6 Å². The van der Waals surface area contributed by atoms with Gasteiger partial charge in [-0.25, -0.2) is 4.39 Å². The molecule has 0 aromatic heterocycles. The Hall–Kier alpha value is -1.98. The first kappa shape index (κ1) is 45.0. The maximum atomic E-state index is 12.8. The Balaban J connectivity index is 0.000000718. The smallest absolute Gasteiger partial charge is 1.00 e. The first-order chi connectivity index (χ1) is 22.8. The molecule has 0 bridgehead atoms. The summed E-state index contributed by atoms with van der Waals surface area (Å²) in [6.45, 7) is -0.181. The quantitative estimate of drug-likeness (QED) is 0.0860. The maximum absolute atomic E-state index is 12.8. The van der Waals surface area contributed by atoms with Crippen LogP contribution in [0.4, 0.5) is 4.39 Å². The number of hydrogen-bond donors (Lipinski definition) is 1. The molecule has 0 saturated carbocycles. The summed E-state index contributed by atoms with van der Waals surface area (Å²) in [6.07, 6.45) is 7.64. The number of carbonyl (C=O) groups excluding carboxylic acids is 1. The molecule has 1 aliphatic rings. The van der Waals surface area contributed by atoms with Gasteiger partial charge < -0.3 is 30.9 Å². The largest absolute Gasteiger partial charge is 1.00 e. The van der Waals surface area contributed by atoms with Gasteiger partial charge in [-0.2, -0.15) is 0 Å². The number of aliphatic hydroxyl groups is 1. The number of aliphatic hydroxyl groups excluding tert-OH is 1. The van der Waals surface area contributed by atoms with Crippen molar-refractivity contribution in [2.45, 2.75) is 0 Å². The molecule has 0 radical (unpaired) electrons. The fourth-order valence-electron chi connectivity index (χ4n) is 3.47. The molecule has 7 nitrogen and oxygen atoms in total. The summed E-state index contributed by atoms with van der Waals surface area (Å²) in [7, 11) is 0. The molecule has 5 aromatic rings. The van der Waals surface area contributed by atoms with E-state index in [-0.39, 0.29) is 122 Å². The van der Waals surface area contributed by atoms with Crippen LogP contribution in [-0.4, -0.2) is 11.6 Å². The monoisotopic (exact) mass is 839 g/mol. The molecule has 0 spiro atoms. The van der Waals surface area contributed by atoms with Crippen LogP contribution in [0.1, 0.15) is 1.43 Å². The minimum Gasteiger partial charge on any atom is -1.00 e. The van der Waals surface area contributed by atoms with Crippen LogP contribution in [0.2, 0.25) is 0 Å². The second kappa shape index (κ2) is 26.8. The third-order valence-electron chi connectivity index (χ3n) is 5.38. The molecule has 0 unspecified atom stereocenters. The van der Waals surface area contributed by atoms with E-state index in [1.54, 1.807) is 30.4 Å². The molecular weight excluding hydrogens is 813 g/mol. The molecule has 0 amide bonds. The first-order valence-electron chi connectivity index (χ1n) is 13.7. The molecule has 12 heteroatoms. The summed E-state index contributed by atoms with van der Waals surface area (Å²) in [5.41, 5.74) is 0. The molecular formula is C37H28Br2FK2O7+. The Bertz CT molecular complexity index is 1780. The van der Waals surface area contributed by atoms with E-state index in [0.29, 0.717) is 11.5 Å². The third kappa shape index (κ3) is 19.9. The molecule has 5 aromatic carbocycles. The van der Waals surface area contributed by atoms with Crippen LogP contribution in [0.25, 0.3) is 0 Å². The maximum Gasteiger partial charge on any atom is 1.00 e. The fraction of sp³-hybridized carbons (Fsp3) is 0. The topological polar surface area (TPSA) is 97.3 Å². The van der Waals surface area contributed by atoms with Crippen molar-refractivity contribution in [3.05, 3.63) is 178 Å². The second-order valence-electron chi connectivity index (χ2n) is 8.91. The SMILES string of the molecule is Brc1cccc(Oc2cccc(Oc3ccccc3)c2)c1.Fc1cccc(Oc2ccccc2)c1.O=CO[O-].OC1=[C+]C=CC(Br)=C1.[H-].[K+].[K+]. The number of hydrogen-bond acceptors (Lipinski definition) is 7. The molecule has 1 N–H and O–H groups in total. The van der Waals surface area contributed by atoms with Gasteiger partial charge in [0.25, 0.3) is 12.2 Å². The van der Waals surface area contributed by atoms with Crippen molar-refractivity contribution in [2.75, 3.05) is 0 Å². The summed E-state index contributed by atoms with van der Waals surface area (Å²) in [4.78, 5) is 11.2. The van der Waals surface area contributed by atoms with Crippen molar-refractivity contribution in [2.24, 2.45) is 0 Å². The Kier molecular flexibility index (Phi) is 24.6. The van der Waals surface area contributed by atoms with Gasteiger partial charge >= 0.3 is 103 Å². The van der Waals surface area contributed by atoms with E-state index in [2.05, 4.69) is 42.8 Å². The molecule has 0 aliphatic heterocycles. The molecule has 1 aliphatic carbocycles. The van der Waals surface area contributed by atoms with Crippen LogP contribution in [0.5, 0.6) is 34.5 Å². The number of benzene rings is 5. The number of halogens is 3. The van der Waals surface area contributed by atoms with Gasteiger partial charge in [-0.05, 0) is 82.7 Å². The molecule has 0 fully saturated rings. The van der Waals surface area contributed by atoms with E-state index in [9.17, 15) is 4.39 Å². The summed E-state index contributed by atoms with van der Waals surface area (Å²) in [5.74, 6) is 4.15. The second-order valence-corrected chi connectivity index (χ2v) is 10.7. The summed E-state index contributed by atoms with van der Waals surface area (Å²) >= 11 is 6.61. The zero-order valence-electron chi connectivity index (χ0n) is 27.5. The minimum atomic E-state index is -0.293. The number of para-hydroxylation sites is 2. The zero-order valence-corrected chi connectivity index (χ0v) is 36.0. The fourth-order valence-corrected chi connectivity index (χ4v) is 4.20. The summed E-state index contributed by atoms with van der Waals surface area (Å²) in [5, 5.41) is 17.2. The predicted molar refractivity (Wildman–Crippen MR) is 184 cm³/mol. The molecule has 0 atom stereocenters. The predicted octanol–water partition coefficient (Wildman–Crippen LogP) is 4.29. The Labute approximate surface area is 388 Å². The molecule has 0 heterocycles. The van der Waals surface area contributed by atoms with Gasteiger partial charge in [-0.15, -0.1) is 0 Å². The van der Waals surface area contributed by atoms with Crippen LogP contribution < -0.4 is 122 Å². The molecule has 240 valence electrons. The average Bonchev–Trinajstić information content (AvgIpc) is 3.07. The number of allylic oxidation sites excluding steroid dienone is 5. The van der Waals surface area contributed by atoms with Crippen LogP contribution >= 0.6 is 31.9 Å². The van der Waals surface area contributed by atoms with Gasteiger partial charge in [0.2, 0.25) is 0 Å². The van der Waals surface area contributed by atoms with Crippen molar-refractivity contribution >= 4 is 38.3 Å². The van der Waals surface area contributed by atoms with Crippen LogP contribution in [0.15, 0.2) is 166 Å². The van der Waals surface area contributed by atoms with Crippen molar-refractivity contribution in [3.8, 4) is 34.5 Å². The Morgan fingerprint density at radius 3 is 1.51 bits per heavy atom. The van der Waals surface area contributed by atoms with Crippen molar-refractivity contribution in [1.29, 1.82) is 0 Å². The van der Waals surface area contributed by atoms with Gasteiger partial charge in [-0.3, -0.25) is 4.79 Å². The number of rotatable bonds is 7. The van der Waals surface area contributed by atoms with Crippen LogP contribution in [-0.2, 0) is 9.68 Å². The molecule has 49 heavy (non-hydrogen) atoms.